The van der Waals surface area contributed by atoms with Crippen molar-refractivity contribution in [2.24, 2.45) is 0 Å². The van der Waals surface area contributed by atoms with Crippen LogP contribution in [0.25, 0.3) is 10.8 Å². The fourth-order valence-electron chi connectivity index (χ4n) is 3.80. The summed E-state index contributed by atoms with van der Waals surface area (Å²) in [6.07, 6.45) is 14.1. The molecular formula is C24H34OS. The number of carbonyl (C=O) groups is 1. The smallest absolute Gasteiger partial charge is 0.193 e. The molecule has 26 heavy (non-hydrogen) atoms. The Bertz CT molecular complexity index is 659. The molecule has 0 radical (unpaired) electrons. The van der Waals surface area contributed by atoms with Gasteiger partial charge in [-0.1, -0.05) is 114 Å². The molecule has 1 nitrogen and oxygen atoms in total. The van der Waals surface area contributed by atoms with Gasteiger partial charge in [-0.2, -0.15) is 0 Å². The molecule has 0 bridgehead atoms. The summed E-state index contributed by atoms with van der Waals surface area (Å²) in [5.41, 5.74) is 1.14. The molecule has 0 spiro atoms. The second-order valence-corrected chi connectivity index (χ2v) is 7.87. The highest BCUT2D eigenvalue weighted by Crippen LogP contribution is 2.31. The van der Waals surface area contributed by atoms with E-state index < -0.39 is 0 Å². The number of fused-ring (bicyclic) bond motifs is 1. The second-order valence-electron chi connectivity index (χ2n) is 7.43. The molecule has 1 unspecified atom stereocenters. The predicted molar refractivity (Wildman–Crippen MR) is 117 cm³/mol. The van der Waals surface area contributed by atoms with Gasteiger partial charge in [-0.15, -0.1) is 12.6 Å². The van der Waals surface area contributed by atoms with E-state index in [4.69, 9.17) is 0 Å². The lowest BCUT2D eigenvalue weighted by Gasteiger charge is -2.16. The average molecular weight is 371 g/mol. The third kappa shape index (κ3) is 6.79. The number of benzene rings is 2. The van der Waals surface area contributed by atoms with Crippen LogP contribution in [-0.4, -0.2) is 5.12 Å². The molecule has 0 saturated carbocycles. The van der Waals surface area contributed by atoms with Crippen LogP contribution in [0.3, 0.4) is 0 Å². The fraction of sp³-hybridized carbons (Fsp3) is 0.542. The van der Waals surface area contributed by atoms with Gasteiger partial charge in [0.2, 0.25) is 0 Å². The summed E-state index contributed by atoms with van der Waals surface area (Å²) < 4.78 is 0. The molecule has 142 valence electrons. The molecule has 0 amide bonds. The van der Waals surface area contributed by atoms with Crippen molar-refractivity contribution in [2.75, 3.05) is 0 Å². The molecule has 0 aliphatic rings. The Labute approximate surface area is 165 Å². The molecule has 1 atom stereocenters. The van der Waals surface area contributed by atoms with E-state index in [0.717, 1.165) is 18.4 Å². The molecule has 0 N–H and O–H groups in total. The van der Waals surface area contributed by atoms with Crippen LogP contribution in [-0.2, 0) is 4.79 Å². The Balaban J connectivity index is 1.76. The molecule has 0 aromatic heterocycles. The van der Waals surface area contributed by atoms with Gasteiger partial charge in [-0.3, -0.25) is 4.79 Å². The molecule has 2 aromatic carbocycles. The van der Waals surface area contributed by atoms with Crippen LogP contribution in [0.5, 0.6) is 0 Å². The molecule has 2 aromatic rings. The van der Waals surface area contributed by atoms with Crippen molar-refractivity contribution < 1.29 is 4.79 Å². The highest BCUT2D eigenvalue weighted by atomic mass is 32.1. The highest BCUT2D eigenvalue weighted by Gasteiger charge is 2.19. The summed E-state index contributed by atoms with van der Waals surface area (Å²) in [4.78, 5) is 12.1. The van der Waals surface area contributed by atoms with Crippen molar-refractivity contribution in [1.82, 2.24) is 0 Å². The van der Waals surface area contributed by atoms with Crippen molar-refractivity contribution in [2.45, 2.75) is 83.5 Å². The molecule has 2 rings (SSSR count). The van der Waals surface area contributed by atoms with Crippen LogP contribution in [0, 0.1) is 0 Å². The van der Waals surface area contributed by atoms with E-state index in [-0.39, 0.29) is 11.0 Å². The van der Waals surface area contributed by atoms with E-state index in [9.17, 15) is 4.79 Å². The standard InChI is InChI=1S/C24H34OS/c1-2-3-4-5-6-7-8-9-10-11-18-23(24(25)26)22-19-14-16-20-15-12-13-17-21(20)22/h12-17,19,23H,2-11,18H2,1H3,(H,25,26). The van der Waals surface area contributed by atoms with Crippen LogP contribution < -0.4 is 0 Å². The van der Waals surface area contributed by atoms with E-state index in [1.807, 2.05) is 12.1 Å². The fourth-order valence-corrected chi connectivity index (χ4v) is 4.07. The summed E-state index contributed by atoms with van der Waals surface area (Å²) in [6.45, 7) is 2.26. The third-order valence-electron chi connectivity index (χ3n) is 5.34. The molecule has 0 fully saturated rings. The van der Waals surface area contributed by atoms with Crippen molar-refractivity contribution >= 4 is 28.5 Å². The number of unbranched alkanes of at least 4 members (excludes halogenated alkanes) is 9. The number of hydrogen-bond acceptors (Lipinski definition) is 1. The first-order valence-electron chi connectivity index (χ1n) is 10.4. The Hall–Kier alpha value is -1.28. The zero-order valence-electron chi connectivity index (χ0n) is 16.3. The summed E-state index contributed by atoms with van der Waals surface area (Å²) in [7, 11) is 0. The quantitative estimate of drug-likeness (QED) is 0.282. The second kappa shape index (κ2) is 12.2. The maximum absolute atomic E-state index is 12.1. The van der Waals surface area contributed by atoms with Gasteiger partial charge in [0.05, 0.1) is 5.92 Å². The molecular weight excluding hydrogens is 336 g/mol. The first-order valence-corrected chi connectivity index (χ1v) is 10.9. The Morgan fingerprint density at radius 1 is 0.808 bits per heavy atom. The van der Waals surface area contributed by atoms with Crippen molar-refractivity contribution in [1.29, 1.82) is 0 Å². The van der Waals surface area contributed by atoms with Crippen molar-refractivity contribution in [3.63, 3.8) is 0 Å². The normalized spacial score (nSPS) is 12.4. The maximum Gasteiger partial charge on any atom is 0.193 e. The number of carbonyl (C=O) groups excluding carboxylic acids is 1. The van der Waals surface area contributed by atoms with Crippen LogP contribution in [0.4, 0.5) is 0 Å². The Morgan fingerprint density at radius 3 is 2.04 bits per heavy atom. The van der Waals surface area contributed by atoms with E-state index >= 15 is 0 Å². The number of thiol groups is 1. The van der Waals surface area contributed by atoms with Gasteiger partial charge < -0.3 is 0 Å². The minimum absolute atomic E-state index is 0.00252. The van der Waals surface area contributed by atoms with E-state index in [2.05, 4.69) is 49.9 Å². The van der Waals surface area contributed by atoms with Gasteiger partial charge in [0.1, 0.15) is 0 Å². The predicted octanol–water partition coefficient (Wildman–Crippen LogP) is 7.69. The van der Waals surface area contributed by atoms with Crippen LogP contribution >= 0.6 is 12.6 Å². The number of hydrogen-bond donors (Lipinski definition) is 1. The first kappa shape index (κ1) is 21.0. The van der Waals surface area contributed by atoms with E-state index in [1.165, 1.54) is 68.6 Å². The molecule has 2 heteroatoms. The van der Waals surface area contributed by atoms with Gasteiger partial charge in [0.15, 0.2) is 5.12 Å². The zero-order chi connectivity index (χ0) is 18.6. The minimum atomic E-state index is -0.0847. The Kier molecular flexibility index (Phi) is 9.84. The maximum atomic E-state index is 12.1. The van der Waals surface area contributed by atoms with Gasteiger partial charge >= 0.3 is 0 Å². The van der Waals surface area contributed by atoms with Crippen molar-refractivity contribution in [3.8, 4) is 0 Å². The largest absolute Gasteiger partial charge is 0.287 e. The monoisotopic (exact) mass is 370 g/mol. The van der Waals surface area contributed by atoms with Gasteiger partial charge in [-0.05, 0) is 22.8 Å². The van der Waals surface area contributed by atoms with E-state index in [1.54, 1.807) is 0 Å². The van der Waals surface area contributed by atoms with Gasteiger partial charge in [0, 0.05) is 0 Å². The summed E-state index contributed by atoms with van der Waals surface area (Å²) in [6, 6.07) is 14.6. The van der Waals surface area contributed by atoms with Crippen molar-refractivity contribution in [3.05, 3.63) is 48.0 Å². The Morgan fingerprint density at radius 2 is 1.38 bits per heavy atom. The summed E-state index contributed by atoms with van der Waals surface area (Å²) in [5.74, 6) is -0.0847. The summed E-state index contributed by atoms with van der Waals surface area (Å²) >= 11 is 4.19. The molecule has 0 heterocycles. The average Bonchev–Trinajstić information content (AvgIpc) is 2.66. The third-order valence-corrected chi connectivity index (χ3v) is 5.65. The molecule has 0 saturated heterocycles. The first-order chi connectivity index (χ1) is 12.7. The molecule has 0 aliphatic heterocycles. The molecule has 0 aliphatic carbocycles. The summed E-state index contributed by atoms with van der Waals surface area (Å²) in [5, 5.41) is 2.39. The lowest BCUT2D eigenvalue weighted by Crippen LogP contribution is -2.07. The highest BCUT2D eigenvalue weighted by molar-refractivity contribution is 7.96. The van der Waals surface area contributed by atoms with Gasteiger partial charge in [0.25, 0.3) is 0 Å². The lowest BCUT2D eigenvalue weighted by atomic mass is 9.90. The minimum Gasteiger partial charge on any atom is -0.287 e. The van der Waals surface area contributed by atoms with Crippen LogP contribution in [0.15, 0.2) is 42.5 Å². The van der Waals surface area contributed by atoms with Crippen LogP contribution in [0.1, 0.15) is 89.0 Å². The van der Waals surface area contributed by atoms with Crippen LogP contribution in [0.2, 0.25) is 0 Å². The van der Waals surface area contributed by atoms with E-state index in [0.29, 0.717) is 0 Å². The number of rotatable bonds is 13. The topological polar surface area (TPSA) is 17.1 Å². The SMILES string of the molecule is CCCCCCCCCCCCC(C(=O)S)c1cccc2ccccc12. The zero-order valence-corrected chi connectivity index (χ0v) is 17.1. The van der Waals surface area contributed by atoms with Gasteiger partial charge in [-0.25, -0.2) is 0 Å². The lowest BCUT2D eigenvalue weighted by molar-refractivity contribution is -0.112.